The minimum atomic E-state index is 0. The Bertz CT molecular complexity index is 182. The molecule has 1 unspecified atom stereocenters. The van der Waals surface area contributed by atoms with Gasteiger partial charge in [-0.15, -0.1) is 0 Å². The van der Waals surface area contributed by atoms with Crippen LogP contribution >= 0.6 is 0 Å². The predicted octanol–water partition coefficient (Wildman–Crippen LogP) is 5.15. The summed E-state index contributed by atoms with van der Waals surface area (Å²) in [6.45, 7) is 6.22. The van der Waals surface area contributed by atoms with Crippen molar-refractivity contribution >= 4 is 5.78 Å². The van der Waals surface area contributed by atoms with E-state index in [0.717, 1.165) is 12.3 Å². The molecule has 0 saturated heterocycles. The number of unbranched alkanes of at least 4 members (excludes halogenated alkanes) is 3. The number of Topliss-reactive ketones (excluding diaryl/α,β-unsaturated/α-hetero) is 1. The Kier molecular flexibility index (Phi) is 13.9. The largest absolute Gasteiger partial charge is 0.300 e. The van der Waals surface area contributed by atoms with Crippen LogP contribution in [0, 0.1) is 5.92 Å². The van der Waals surface area contributed by atoms with Crippen molar-refractivity contribution in [3.05, 3.63) is 12.2 Å². The van der Waals surface area contributed by atoms with Gasteiger partial charge in [0.1, 0.15) is 5.78 Å². The van der Waals surface area contributed by atoms with Gasteiger partial charge in [-0.1, -0.05) is 59.1 Å². The van der Waals surface area contributed by atoms with Crippen LogP contribution in [0.15, 0.2) is 12.2 Å². The van der Waals surface area contributed by atoms with Gasteiger partial charge in [0.15, 0.2) is 0 Å². The fraction of sp³-hybridized carbons (Fsp3) is 0.800. The molecule has 0 radical (unpaired) electrons. The highest BCUT2D eigenvalue weighted by atomic mass is 16.1. The molecule has 0 fully saturated rings. The van der Waals surface area contributed by atoms with Gasteiger partial charge in [0.2, 0.25) is 0 Å². The average molecular weight is 226 g/mol. The molecular formula is C15H30O. The average Bonchev–Trinajstić information content (AvgIpc) is 2.21. The molecule has 0 saturated carbocycles. The molecule has 1 heteroatoms. The van der Waals surface area contributed by atoms with Gasteiger partial charge in [-0.3, -0.25) is 4.79 Å². The van der Waals surface area contributed by atoms with Crippen molar-refractivity contribution in [2.75, 3.05) is 0 Å². The second kappa shape index (κ2) is 12.5. The van der Waals surface area contributed by atoms with Gasteiger partial charge in [-0.2, -0.15) is 0 Å². The zero-order valence-electron chi connectivity index (χ0n) is 10.6. The molecule has 0 aromatic rings. The molecule has 0 spiro atoms. The molecule has 0 aromatic heterocycles. The van der Waals surface area contributed by atoms with E-state index in [-0.39, 0.29) is 13.2 Å². The molecule has 16 heavy (non-hydrogen) atoms. The molecule has 0 bridgehead atoms. The van der Waals surface area contributed by atoms with Gasteiger partial charge in [-0.05, 0) is 25.7 Å². The molecule has 0 aromatic carbocycles. The maximum absolute atomic E-state index is 10.6. The molecular weight excluding hydrogens is 196 g/mol. The van der Waals surface area contributed by atoms with Crippen molar-refractivity contribution in [2.24, 2.45) is 5.92 Å². The topological polar surface area (TPSA) is 17.1 Å². The van der Waals surface area contributed by atoms with Crippen molar-refractivity contribution in [3.63, 3.8) is 0 Å². The van der Waals surface area contributed by atoms with E-state index in [2.05, 4.69) is 19.9 Å². The number of carbonyl (C=O) groups excluding carboxylic acids is 1. The third-order valence-electron chi connectivity index (χ3n) is 2.84. The minimum absolute atomic E-state index is 0. The standard InChI is InChI=1S/C14H26O.CH4/c1-4-13(2)11-9-7-5-6-8-10-12-14(3)15;/h8,10,13H,4-7,9,11-12H2,1-3H3;1H4/b10-8+;. The lowest BCUT2D eigenvalue weighted by atomic mass is 10.0. The Morgan fingerprint density at radius 3 is 2.44 bits per heavy atom. The van der Waals surface area contributed by atoms with E-state index in [1.165, 1.54) is 32.1 Å². The van der Waals surface area contributed by atoms with Gasteiger partial charge in [0, 0.05) is 6.42 Å². The summed E-state index contributed by atoms with van der Waals surface area (Å²) in [4.78, 5) is 10.6. The smallest absolute Gasteiger partial charge is 0.133 e. The highest BCUT2D eigenvalue weighted by Crippen LogP contribution is 2.13. The summed E-state index contributed by atoms with van der Waals surface area (Å²) in [7, 11) is 0. The van der Waals surface area contributed by atoms with Crippen LogP contribution in [0.3, 0.4) is 0 Å². The zero-order chi connectivity index (χ0) is 11.5. The molecule has 0 aliphatic heterocycles. The van der Waals surface area contributed by atoms with Gasteiger partial charge in [-0.25, -0.2) is 0 Å². The third-order valence-corrected chi connectivity index (χ3v) is 2.84. The van der Waals surface area contributed by atoms with Crippen LogP contribution in [0.1, 0.15) is 73.1 Å². The van der Waals surface area contributed by atoms with E-state index in [0.29, 0.717) is 6.42 Å². The molecule has 0 heterocycles. The molecule has 0 amide bonds. The summed E-state index contributed by atoms with van der Waals surface area (Å²) < 4.78 is 0. The molecule has 1 atom stereocenters. The quantitative estimate of drug-likeness (QED) is 0.392. The van der Waals surface area contributed by atoms with Crippen LogP contribution in [-0.2, 0) is 4.79 Å². The summed E-state index contributed by atoms with van der Waals surface area (Å²) in [6.07, 6.45) is 12.5. The summed E-state index contributed by atoms with van der Waals surface area (Å²) in [5.41, 5.74) is 0. The zero-order valence-corrected chi connectivity index (χ0v) is 10.6. The van der Waals surface area contributed by atoms with E-state index in [9.17, 15) is 4.79 Å². The molecule has 0 aliphatic carbocycles. The van der Waals surface area contributed by atoms with E-state index >= 15 is 0 Å². The first-order chi connectivity index (χ1) is 7.16. The summed E-state index contributed by atoms with van der Waals surface area (Å²) in [5, 5.41) is 0. The molecule has 0 N–H and O–H groups in total. The number of hydrogen-bond donors (Lipinski definition) is 0. The molecule has 96 valence electrons. The fourth-order valence-corrected chi connectivity index (χ4v) is 1.50. The summed E-state index contributed by atoms with van der Waals surface area (Å²) in [5.74, 6) is 1.14. The number of rotatable bonds is 9. The predicted molar refractivity (Wildman–Crippen MR) is 73.7 cm³/mol. The first-order valence-electron chi connectivity index (χ1n) is 6.31. The van der Waals surface area contributed by atoms with E-state index in [1.54, 1.807) is 6.92 Å². The Balaban J connectivity index is 0. The maximum Gasteiger partial charge on any atom is 0.133 e. The van der Waals surface area contributed by atoms with Crippen molar-refractivity contribution in [1.82, 2.24) is 0 Å². The van der Waals surface area contributed by atoms with Gasteiger partial charge >= 0.3 is 0 Å². The van der Waals surface area contributed by atoms with Crippen molar-refractivity contribution < 1.29 is 4.79 Å². The minimum Gasteiger partial charge on any atom is -0.300 e. The van der Waals surface area contributed by atoms with Crippen LogP contribution in [0.25, 0.3) is 0 Å². The maximum atomic E-state index is 10.6. The van der Waals surface area contributed by atoms with Crippen molar-refractivity contribution in [1.29, 1.82) is 0 Å². The van der Waals surface area contributed by atoms with Crippen LogP contribution < -0.4 is 0 Å². The third kappa shape index (κ3) is 13.4. The second-order valence-corrected chi connectivity index (χ2v) is 4.53. The van der Waals surface area contributed by atoms with E-state index in [4.69, 9.17) is 0 Å². The number of carbonyl (C=O) groups is 1. The lowest BCUT2D eigenvalue weighted by Crippen LogP contribution is -1.91. The number of ketones is 1. The number of hydrogen-bond acceptors (Lipinski definition) is 1. The Morgan fingerprint density at radius 2 is 1.88 bits per heavy atom. The molecule has 0 aliphatic rings. The van der Waals surface area contributed by atoms with Gasteiger partial charge in [0.25, 0.3) is 0 Å². The lowest BCUT2D eigenvalue weighted by Gasteiger charge is -2.06. The highest BCUT2D eigenvalue weighted by Gasteiger charge is 1.97. The Labute approximate surface area is 102 Å². The van der Waals surface area contributed by atoms with Gasteiger partial charge in [0.05, 0.1) is 0 Å². The monoisotopic (exact) mass is 226 g/mol. The van der Waals surface area contributed by atoms with Crippen LogP contribution in [0.2, 0.25) is 0 Å². The van der Waals surface area contributed by atoms with E-state index < -0.39 is 0 Å². The first kappa shape index (κ1) is 17.8. The number of allylic oxidation sites excluding steroid dienone is 2. The lowest BCUT2D eigenvalue weighted by molar-refractivity contribution is -0.116. The first-order valence-corrected chi connectivity index (χ1v) is 6.31. The van der Waals surface area contributed by atoms with Crippen LogP contribution in [0.4, 0.5) is 0 Å². The normalized spacial score (nSPS) is 12.4. The summed E-state index contributed by atoms with van der Waals surface area (Å²) in [6, 6.07) is 0. The molecule has 0 rings (SSSR count). The van der Waals surface area contributed by atoms with Crippen molar-refractivity contribution in [2.45, 2.75) is 73.1 Å². The van der Waals surface area contributed by atoms with Crippen LogP contribution in [-0.4, -0.2) is 5.78 Å². The highest BCUT2D eigenvalue weighted by molar-refractivity contribution is 5.76. The summed E-state index contributed by atoms with van der Waals surface area (Å²) >= 11 is 0. The molecule has 1 nitrogen and oxygen atoms in total. The SMILES string of the molecule is C.CCC(C)CCCCC/C=C/CC(C)=O. The van der Waals surface area contributed by atoms with Crippen molar-refractivity contribution in [3.8, 4) is 0 Å². The Hall–Kier alpha value is -0.590. The Morgan fingerprint density at radius 1 is 1.19 bits per heavy atom. The van der Waals surface area contributed by atoms with Crippen LogP contribution in [0.5, 0.6) is 0 Å². The van der Waals surface area contributed by atoms with E-state index in [1.807, 2.05) is 6.08 Å². The second-order valence-electron chi connectivity index (χ2n) is 4.53. The van der Waals surface area contributed by atoms with Gasteiger partial charge < -0.3 is 0 Å². The fourth-order valence-electron chi connectivity index (χ4n) is 1.50.